The van der Waals surface area contributed by atoms with Gasteiger partial charge in [-0.3, -0.25) is 4.79 Å². The third kappa shape index (κ3) is 7.12. The fourth-order valence-electron chi connectivity index (χ4n) is 2.16. The van der Waals surface area contributed by atoms with Crippen LogP contribution in [0.5, 0.6) is 0 Å². The smallest absolute Gasteiger partial charge is 0.220 e. The van der Waals surface area contributed by atoms with Gasteiger partial charge in [-0.15, -0.1) is 23.7 Å². The van der Waals surface area contributed by atoms with Gasteiger partial charge in [0.05, 0.1) is 12.2 Å². The molecule has 1 aromatic heterocycles. The van der Waals surface area contributed by atoms with E-state index in [0.29, 0.717) is 13.0 Å². The molecular weight excluding hydrogens is 330 g/mol. The monoisotopic (exact) mass is 353 g/mol. The molecule has 2 rings (SSSR count). The van der Waals surface area contributed by atoms with Crippen LogP contribution in [0.25, 0.3) is 10.6 Å². The van der Waals surface area contributed by atoms with E-state index in [2.05, 4.69) is 10.3 Å². The lowest BCUT2D eigenvalue weighted by Crippen LogP contribution is -2.22. The zero-order chi connectivity index (χ0) is 15.6. The summed E-state index contributed by atoms with van der Waals surface area (Å²) in [5.74, 6) is 0.0991. The van der Waals surface area contributed by atoms with Gasteiger partial charge in [0.25, 0.3) is 0 Å². The molecule has 0 spiro atoms. The van der Waals surface area contributed by atoms with Gasteiger partial charge < -0.3 is 11.1 Å². The molecule has 0 aliphatic rings. The van der Waals surface area contributed by atoms with E-state index in [1.54, 1.807) is 11.3 Å². The third-order valence-electron chi connectivity index (χ3n) is 3.40. The number of nitrogens with one attached hydrogen (secondary N) is 1. The van der Waals surface area contributed by atoms with Gasteiger partial charge in [-0.1, -0.05) is 43.2 Å². The predicted octanol–water partition coefficient (Wildman–Crippen LogP) is 3.76. The van der Waals surface area contributed by atoms with Crippen LogP contribution in [0.2, 0.25) is 0 Å². The summed E-state index contributed by atoms with van der Waals surface area (Å²) < 4.78 is 0. The van der Waals surface area contributed by atoms with Gasteiger partial charge in [0, 0.05) is 17.4 Å². The maximum atomic E-state index is 11.8. The number of thiazole rings is 1. The quantitative estimate of drug-likeness (QED) is 0.674. The number of nitrogens with zero attached hydrogens (tertiary/aromatic N) is 1. The third-order valence-corrected chi connectivity index (χ3v) is 4.34. The summed E-state index contributed by atoms with van der Waals surface area (Å²) in [7, 11) is 0. The molecule has 126 valence electrons. The Morgan fingerprint density at radius 1 is 1.13 bits per heavy atom. The molecule has 0 aliphatic carbocycles. The number of carbonyl (C=O) groups is 1. The molecule has 1 aromatic carbocycles. The van der Waals surface area contributed by atoms with Crippen LogP contribution in [0.15, 0.2) is 35.7 Å². The molecule has 6 heteroatoms. The summed E-state index contributed by atoms with van der Waals surface area (Å²) in [6, 6.07) is 10.1. The van der Waals surface area contributed by atoms with Gasteiger partial charge in [-0.05, 0) is 19.4 Å². The molecule has 0 saturated carbocycles. The van der Waals surface area contributed by atoms with E-state index in [1.165, 1.54) is 0 Å². The van der Waals surface area contributed by atoms with Crippen molar-refractivity contribution >= 4 is 29.7 Å². The lowest BCUT2D eigenvalue weighted by atomic mass is 10.1. The minimum atomic E-state index is 0. The molecule has 0 fully saturated rings. The SMILES string of the molecule is Cl.NCCCCCCC(=O)NCc1csc(-c2ccccc2)n1. The zero-order valence-corrected chi connectivity index (χ0v) is 14.8. The summed E-state index contributed by atoms with van der Waals surface area (Å²) in [5.41, 5.74) is 7.47. The first kappa shape index (κ1) is 19.6. The van der Waals surface area contributed by atoms with Crippen LogP contribution in [0.4, 0.5) is 0 Å². The maximum absolute atomic E-state index is 11.8. The largest absolute Gasteiger partial charge is 0.350 e. The number of unbranched alkanes of at least 4 members (excludes halogenated alkanes) is 3. The van der Waals surface area contributed by atoms with Crippen LogP contribution in [-0.2, 0) is 11.3 Å². The van der Waals surface area contributed by atoms with Crippen LogP contribution < -0.4 is 11.1 Å². The summed E-state index contributed by atoms with van der Waals surface area (Å²) in [6.07, 6.45) is 4.73. The Hall–Kier alpha value is -1.43. The van der Waals surface area contributed by atoms with Gasteiger partial charge >= 0.3 is 0 Å². The molecule has 1 heterocycles. The van der Waals surface area contributed by atoms with E-state index in [4.69, 9.17) is 5.73 Å². The highest BCUT2D eigenvalue weighted by Gasteiger charge is 2.06. The Bertz CT molecular complexity index is 574. The fourth-order valence-corrected chi connectivity index (χ4v) is 2.99. The second kappa shape index (κ2) is 11.2. The topological polar surface area (TPSA) is 68.0 Å². The Balaban J connectivity index is 0.00000264. The lowest BCUT2D eigenvalue weighted by molar-refractivity contribution is -0.121. The van der Waals surface area contributed by atoms with E-state index >= 15 is 0 Å². The number of hydrogen-bond donors (Lipinski definition) is 2. The van der Waals surface area contributed by atoms with Crippen molar-refractivity contribution in [2.24, 2.45) is 5.73 Å². The Morgan fingerprint density at radius 3 is 2.61 bits per heavy atom. The van der Waals surface area contributed by atoms with Gasteiger partial charge in [0.1, 0.15) is 5.01 Å². The summed E-state index contributed by atoms with van der Waals surface area (Å²) in [4.78, 5) is 16.3. The van der Waals surface area contributed by atoms with E-state index in [1.807, 2.05) is 35.7 Å². The predicted molar refractivity (Wildman–Crippen MR) is 98.8 cm³/mol. The van der Waals surface area contributed by atoms with Gasteiger partial charge in [0.2, 0.25) is 5.91 Å². The van der Waals surface area contributed by atoms with Crippen molar-refractivity contribution in [3.8, 4) is 10.6 Å². The number of nitrogens with two attached hydrogens (primary N) is 1. The molecule has 1 amide bonds. The van der Waals surface area contributed by atoms with Crippen molar-refractivity contribution < 1.29 is 4.79 Å². The van der Waals surface area contributed by atoms with Gasteiger partial charge in [0.15, 0.2) is 0 Å². The molecule has 0 bridgehead atoms. The number of carbonyl (C=O) groups excluding carboxylic acids is 1. The summed E-state index contributed by atoms with van der Waals surface area (Å²) in [5, 5.41) is 5.93. The second-order valence-electron chi connectivity index (χ2n) is 5.24. The van der Waals surface area contributed by atoms with Crippen molar-refractivity contribution in [3.05, 3.63) is 41.4 Å². The van der Waals surface area contributed by atoms with E-state index in [9.17, 15) is 4.79 Å². The summed E-state index contributed by atoms with van der Waals surface area (Å²) in [6.45, 7) is 1.24. The minimum absolute atomic E-state index is 0. The Kier molecular flexibility index (Phi) is 9.52. The molecule has 3 N–H and O–H groups in total. The van der Waals surface area contributed by atoms with Crippen molar-refractivity contribution in [1.29, 1.82) is 0 Å². The van der Waals surface area contributed by atoms with E-state index in [0.717, 1.165) is 48.5 Å². The number of amides is 1. The van der Waals surface area contributed by atoms with Crippen LogP contribution in [0.1, 0.15) is 37.8 Å². The second-order valence-corrected chi connectivity index (χ2v) is 6.10. The molecule has 4 nitrogen and oxygen atoms in total. The number of benzene rings is 1. The first-order valence-corrected chi connectivity index (χ1v) is 8.64. The van der Waals surface area contributed by atoms with Gasteiger partial charge in [-0.25, -0.2) is 4.98 Å². The minimum Gasteiger partial charge on any atom is -0.350 e. The average Bonchev–Trinajstić information content (AvgIpc) is 3.02. The molecule has 2 aromatic rings. The van der Waals surface area contributed by atoms with Crippen molar-refractivity contribution in [2.75, 3.05) is 6.54 Å². The van der Waals surface area contributed by atoms with E-state index < -0.39 is 0 Å². The molecule has 0 atom stereocenters. The molecule has 23 heavy (non-hydrogen) atoms. The standard InChI is InChI=1S/C17H23N3OS.ClH/c18-11-7-2-1-6-10-16(21)19-12-15-13-22-17(20-15)14-8-4-3-5-9-14;/h3-5,8-9,13H,1-2,6-7,10-12,18H2,(H,19,21);1H. The normalized spacial score (nSPS) is 10.1. The van der Waals surface area contributed by atoms with E-state index in [-0.39, 0.29) is 18.3 Å². The number of hydrogen-bond acceptors (Lipinski definition) is 4. The van der Waals surface area contributed by atoms with Crippen molar-refractivity contribution in [3.63, 3.8) is 0 Å². The fraction of sp³-hybridized carbons (Fsp3) is 0.412. The molecule has 0 saturated heterocycles. The average molecular weight is 354 g/mol. The maximum Gasteiger partial charge on any atom is 0.220 e. The lowest BCUT2D eigenvalue weighted by Gasteiger charge is -2.03. The van der Waals surface area contributed by atoms with Crippen LogP contribution in [-0.4, -0.2) is 17.4 Å². The van der Waals surface area contributed by atoms with Gasteiger partial charge in [-0.2, -0.15) is 0 Å². The number of halogens is 1. The van der Waals surface area contributed by atoms with Crippen LogP contribution in [0, 0.1) is 0 Å². The van der Waals surface area contributed by atoms with Crippen LogP contribution >= 0.6 is 23.7 Å². The molecule has 0 aliphatic heterocycles. The zero-order valence-electron chi connectivity index (χ0n) is 13.2. The number of rotatable bonds is 9. The summed E-state index contributed by atoms with van der Waals surface area (Å²) >= 11 is 1.61. The molecule has 0 unspecified atom stereocenters. The highest BCUT2D eigenvalue weighted by molar-refractivity contribution is 7.13. The first-order valence-electron chi connectivity index (χ1n) is 7.76. The highest BCUT2D eigenvalue weighted by atomic mass is 35.5. The Morgan fingerprint density at radius 2 is 1.87 bits per heavy atom. The highest BCUT2D eigenvalue weighted by Crippen LogP contribution is 2.23. The van der Waals surface area contributed by atoms with Crippen molar-refractivity contribution in [1.82, 2.24) is 10.3 Å². The first-order chi connectivity index (χ1) is 10.8. The van der Waals surface area contributed by atoms with Crippen molar-refractivity contribution in [2.45, 2.75) is 38.6 Å². The Labute approximate surface area is 147 Å². The number of aromatic nitrogens is 1. The molecular formula is C17H24ClN3OS. The molecule has 0 radical (unpaired) electrons. The van der Waals surface area contributed by atoms with Crippen LogP contribution in [0.3, 0.4) is 0 Å².